The van der Waals surface area contributed by atoms with Crippen LogP contribution in [-0.2, 0) is 17.5 Å². The molecule has 0 aliphatic carbocycles. The van der Waals surface area contributed by atoms with Gasteiger partial charge in [0.2, 0.25) is 5.78 Å². The van der Waals surface area contributed by atoms with Crippen LogP contribution in [0.1, 0.15) is 31.8 Å². The highest BCUT2D eigenvalue weighted by Gasteiger charge is 2.28. The van der Waals surface area contributed by atoms with E-state index < -0.39 is 16.8 Å². The van der Waals surface area contributed by atoms with Crippen LogP contribution in [0.5, 0.6) is 0 Å². The van der Waals surface area contributed by atoms with Crippen LogP contribution in [0.4, 0.5) is 5.69 Å². The monoisotopic (exact) mass is 471 g/mol. The second-order valence-corrected chi connectivity index (χ2v) is 8.68. The largest absolute Gasteiger partial charge is 0.348 e. The standard InChI is InChI=1S/C22H15Cl2N3O3S/c23-17-5-3-13(8-18(17)24)9-20-21(28)16-10-15(4-6-19(16)27-31(20)30)22(29)26-12-14-2-1-7-25-11-14/h1-11,27H,12H2,(H,26,29)/b20-9-. The lowest BCUT2D eigenvalue weighted by atomic mass is 10.0. The summed E-state index contributed by atoms with van der Waals surface area (Å²) in [7, 11) is -1.75. The van der Waals surface area contributed by atoms with Gasteiger partial charge in [0.05, 0.1) is 15.7 Å². The molecule has 1 atom stereocenters. The number of pyridine rings is 1. The van der Waals surface area contributed by atoms with Crippen molar-refractivity contribution in [2.24, 2.45) is 0 Å². The minimum absolute atomic E-state index is 0.0545. The summed E-state index contributed by atoms with van der Waals surface area (Å²) in [6.07, 6.45) is 4.81. The molecule has 0 radical (unpaired) electrons. The number of hydrogen-bond acceptors (Lipinski definition) is 4. The Bertz CT molecular complexity index is 1250. The molecule has 1 aliphatic heterocycles. The normalized spacial score (nSPS) is 16.5. The van der Waals surface area contributed by atoms with Crippen molar-refractivity contribution in [3.63, 3.8) is 0 Å². The molecule has 3 aromatic rings. The number of amides is 1. The molecule has 2 heterocycles. The lowest BCUT2D eigenvalue weighted by molar-refractivity contribution is 0.0951. The average Bonchev–Trinajstić information content (AvgIpc) is 2.78. The van der Waals surface area contributed by atoms with Gasteiger partial charge in [0.15, 0.2) is 11.0 Å². The first kappa shape index (κ1) is 21.2. The summed E-state index contributed by atoms with van der Waals surface area (Å²) in [6, 6.07) is 13.1. The predicted octanol–water partition coefficient (Wildman–Crippen LogP) is 4.63. The molecule has 0 saturated carbocycles. The van der Waals surface area contributed by atoms with E-state index in [1.165, 1.54) is 12.1 Å². The van der Waals surface area contributed by atoms with Crippen LogP contribution in [0.25, 0.3) is 6.08 Å². The van der Waals surface area contributed by atoms with Gasteiger partial charge in [0, 0.05) is 30.1 Å². The second kappa shape index (κ2) is 9.01. The molecule has 0 fully saturated rings. The zero-order valence-electron chi connectivity index (χ0n) is 15.9. The molecule has 9 heteroatoms. The predicted molar refractivity (Wildman–Crippen MR) is 122 cm³/mol. The molecule has 1 unspecified atom stereocenters. The van der Waals surface area contributed by atoms with Crippen LogP contribution in [0.3, 0.4) is 0 Å². The van der Waals surface area contributed by atoms with E-state index in [0.29, 0.717) is 33.4 Å². The minimum Gasteiger partial charge on any atom is -0.348 e. The first-order valence-electron chi connectivity index (χ1n) is 9.13. The number of halogens is 2. The van der Waals surface area contributed by atoms with Crippen LogP contribution < -0.4 is 10.0 Å². The van der Waals surface area contributed by atoms with E-state index in [1.54, 1.807) is 48.8 Å². The SMILES string of the molecule is O=C(NCc1cccnc1)c1ccc2c(c1)C(=O)/C(=C/c1ccc(Cl)c(Cl)c1)S(=O)N2. The van der Waals surface area contributed by atoms with Gasteiger partial charge in [-0.15, -0.1) is 0 Å². The number of fused-ring (bicyclic) bond motifs is 1. The summed E-state index contributed by atoms with van der Waals surface area (Å²) in [5.74, 6) is -0.763. The van der Waals surface area contributed by atoms with Gasteiger partial charge in [-0.2, -0.15) is 0 Å². The Hall–Kier alpha value is -3.00. The number of rotatable bonds is 4. The number of aromatic nitrogens is 1. The summed E-state index contributed by atoms with van der Waals surface area (Å²) in [4.78, 5) is 29.7. The highest BCUT2D eigenvalue weighted by molar-refractivity contribution is 7.91. The van der Waals surface area contributed by atoms with Gasteiger partial charge < -0.3 is 10.0 Å². The lowest BCUT2D eigenvalue weighted by Gasteiger charge is -2.19. The molecule has 156 valence electrons. The quantitative estimate of drug-likeness (QED) is 0.542. The number of nitrogens with one attached hydrogen (secondary N) is 2. The molecule has 6 nitrogen and oxygen atoms in total. The van der Waals surface area contributed by atoms with Crippen molar-refractivity contribution in [3.05, 3.63) is 98.1 Å². The topological polar surface area (TPSA) is 88.2 Å². The van der Waals surface area contributed by atoms with E-state index in [1.807, 2.05) is 6.07 Å². The second-order valence-electron chi connectivity index (χ2n) is 6.69. The average molecular weight is 472 g/mol. The highest BCUT2D eigenvalue weighted by atomic mass is 35.5. The molecular weight excluding hydrogens is 457 g/mol. The third-order valence-electron chi connectivity index (χ3n) is 4.57. The number of Topliss-reactive ketones (excluding diaryl/α,β-unsaturated/α-hetero) is 1. The number of carbonyl (C=O) groups is 2. The first-order chi connectivity index (χ1) is 14.9. The van der Waals surface area contributed by atoms with E-state index in [4.69, 9.17) is 23.2 Å². The number of anilines is 1. The molecule has 31 heavy (non-hydrogen) atoms. The maximum Gasteiger partial charge on any atom is 0.251 e. The van der Waals surface area contributed by atoms with E-state index >= 15 is 0 Å². The Morgan fingerprint density at radius 1 is 1.13 bits per heavy atom. The van der Waals surface area contributed by atoms with Gasteiger partial charge in [0.25, 0.3) is 5.91 Å². The fourth-order valence-electron chi connectivity index (χ4n) is 2.99. The number of carbonyl (C=O) groups excluding carboxylic acids is 2. The van der Waals surface area contributed by atoms with E-state index in [9.17, 15) is 13.8 Å². The Balaban J connectivity index is 1.59. The molecule has 0 saturated heterocycles. The van der Waals surface area contributed by atoms with Crippen LogP contribution in [-0.4, -0.2) is 20.9 Å². The van der Waals surface area contributed by atoms with Gasteiger partial charge in [0.1, 0.15) is 4.91 Å². The molecule has 2 aromatic carbocycles. The summed E-state index contributed by atoms with van der Waals surface area (Å²) in [6.45, 7) is 0.308. The molecule has 0 bridgehead atoms. The van der Waals surface area contributed by atoms with Gasteiger partial charge >= 0.3 is 0 Å². The summed E-state index contributed by atoms with van der Waals surface area (Å²) < 4.78 is 15.4. The van der Waals surface area contributed by atoms with Crippen molar-refractivity contribution in [2.45, 2.75) is 6.54 Å². The zero-order chi connectivity index (χ0) is 22.0. The molecule has 1 aromatic heterocycles. The van der Waals surface area contributed by atoms with Gasteiger partial charge in [-0.3, -0.25) is 14.6 Å². The van der Waals surface area contributed by atoms with E-state index in [2.05, 4.69) is 15.0 Å². The van der Waals surface area contributed by atoms with Gasteiger partial charge in [-0.05, 0) is 53.6 Å². The van der Waals surface area contributed by atoms with Crippen LogP contribution in [0.2, 0.25) is 10.0 Å². The summed E-state index contributed by atoms with van der Waals surface area (Å²) in [5.41, 5.74) is 2.42. The van der Waals surface area contributed by atoms with Gasteiger partial charge in [-0.1, -0.05) is 35.3 Å². The lowest BCUT2D eigenvalue weighted by Crippen LogP contribution is -2.25. The molecule has 2 N–H and O–H groups in total. The minimum atomic E-state index is -1.75. The van der Waals surface area contributed by atoms with Crippen LogP contribution in [0, 0.1) is 0 Å². The van der Waals surface area contributed by atoms with Crippen molar-refractivity contribution >= 4 is 57.6 Å². The van der Waals surface area contributed by atoms with Gasteiger partial charge in [-0.25, -0.2) is 4.21 Å². The molecular formula is C22H15Cl2N3O3S. The molecule has 1 amide bonds. The Morgan fingerprint density at radius 3 is 2.71 bits per heavy atom. The number of allylic oxidation sites excluding steroid dienone is 1. The fraction of sp³-hybridized carbons (Fsp3) is 0.0455. The van der Waals surface area contributed by atoms with Crippen molar-refractivity contribution in [2.75, 3.05) is 4.72 Å². The fourth-order valence-corrected chi connectivity index (χ4v) is 4.31. The van der Waals surface area contributed by atoms with Crippen molar-refractivity contribution in [1.29, 1.82) is 0 Å². The molecule has 1 aliphatic rings. The smallest absolute Gasteiger partial charge is 0.251 e. The first-order valence-corrected chi connectivity index (χ1v) is 11.0. The summed E-state index contributed by atoms with van der Waals surface area (Å²) in [5, 5.41) is 3.50. The zero-order valence-corrected chi connectivity index (χ0v) is 18.2. The Morgan fingerprint density at radius 2 is 1.97 bits per heavy atom. The van der Waals surface area contributed by atoms with Crippen molar-refractivity contribution in [3.8, 4) is 0 Å². The molecule has 4 rings (SSSR count). The number of hydrogen-bond donors (Lipinski definition) is 2. The Kier molecular flexibility index (Phi) is 6.18. The number of nitrogens with zero attached hydrogens (tertiary/aromatic N) is 1. The summed E-state index contributed by atoms with van der Waals surface area (Å²) >= 11 is 12.0. The van der Waals surface area contributed by atoms with Crippen LogP contribution >= 0.6 is 23.2 Å². The number of benzene rings is 2. The maximum absolute atomic E-state index is 13.0. The van der Waals surface area contributed by atoms with E-state index in [0.717, 1.165) is 5.56 Å². The van der Waals surface area contributed by atoms with E-state index in [-0.39, 0.29) is 16.4 Å². The third kappa shape index (κ3) is 4.69. The highest BCUT2D eigenvalue weighted by Crippen LogP contribution is 2.31. The third-order valence-corrected chi connectivity index (χ3v) is 6.42. The molecule has 0 spiro atoms. The van der Waals surface area contributed by atoms with Crippen molar-refractivity contribution < 1.29 is 13.8 Å². The van der Waals surface area contributed by atoms with Crippen molar-refractivity contribution in [1.82, 2.24) is 10.3 Å². The maximum atomic E-state index is 13.0. The van der Waals surface area contributed by atoms with Crippen LogP contribution in [0.15, 0.2) is 65.8 Å². The number of ketones is 1. The Labute approximate surface area is 190 Å².